The first kappa shape index (κ1) is 15.9. The number of hydrogen-bond donors (Lipinski definition) is 1. The number of esters is 1. The summed E-state index contributed by atoms with van der Waals surface area (Å²) < 4.78 is 40.6. The van der Waals surface area contributed by atoms with Gasteiger partial charge in [-0.25, -0.2) is 17.9 Å². The first-order valence-corrected chi connectivity index (χ1v) is 7.28. The summed E-state index contributed by atoms with van der Waals surface area (Å²) >= 11 is 5.74. The van der Waals surface area contributed by atoms with Crippen LogP contribution in [0.4, 0.5) is 4.39 Å². The Hall–Kier alpha value is -1.18. The topological polar surface area (TPSA) is 86.5 Å². The molecule has 2 N–H and O–H groups in total. The monoisotopic (exact) mass is 309 g/mol. The summed E-state index contributed by atoms with van der Waals surface area (Å²) in [4.78, 5) is 10.1. The van der Waals surface area contributed by atoms with Gasteiger partial charge < -0.3 is 4.74 Å². The van der Waals surface area contributed by atoms with Gasteiger partial charge in [-0.3, -0.25) is 4.79 Å². The van der Waals surface area contributed by atoms with Gasteiger partial charge in [0.05, 0.1) is 11.6 Å². The maximum absolute atomic E-state index is 13.7. The van der Waals surface area contributed by atoms with E-state index in [1.807, 2.05) is 0 Å². The van der Waals surface area contributed by atoms with E-state index in [2.05, 4.69) is 0 Å². The minimum atomic E-state index is -4.05. The van der Waals surface area contributed by atoms with E-state index in [9.17, 15) is 17.6 Å². The molecule has 8 heteroatoms. The molecule has 0 unspecified atom stereocenters. The quantitative estimate of drug-likeness (QED) is 0.661. The minimum Gasteiger partial charge on any atom is -0.466 e. The third-order valence-corrected chi connectivity index (χ3v) is 3.68. The Morgan fingerprint density at radius 3 is 2.63 bits per heavy atom. The maximum atomic E-state index is 13.7. The Labute approximate surface area is 115 Å². The largest absolute Gasteiger partial charge is 0.466 e. The lowest BCUT2D eigenvalue weighted by Gasteiger charge is -2.07. The summed E-state index contributed by atoms with van der Waals surface area (Å²) in [5.41, 5.74) is 0.240. The van der Waals surface area contributed by atoms with E-state index < -0.39 is 26.7 Å². The van der Waals surface area contributed by atoms with Gasteiger partial charge in [-0.2, -0.15) is 0 Å². The van der Waals surface area contributed by atoms with E-state index in [0.717, 1.165) is 6.07 Å². The Morgan fingerprint density at radius 1 is 1.47 bits per heavy atom. The highest BCUT2D eigenvalue weighted by molar-refractivity contribution is 7.89. The molecular formula is C11H13ClFNO4S. The van der Waals surface area contributed by atoms with Crippen molar-refractivity contribution >= 4 is 27.6 Å². The molecule has 106 valence electrons. The minimum absolute atomic E-state index is 0.133. The number of sulfonamides is 1. The van der Waals surface area contributed by atoms with Crippen molar-refractivity contribution in [3.63, 3.8) is 0 Å². The molecule has 0 saturated heterocycles. The average molecular weight is 310 g/mol. The zero-order valence-corrected chi connectivity index (χ0v) is 11.7. The molecule has 19 heavy (non-hydrogen) atoms. The van der Waals surface area contributed by atoms with Gasteiger partial charge >= 0.3 is 5.97 Å². The molecule has 0 bridgehead atoms. The first-order valence-electron chi connectivity index (χ1n) is 5.36. The maximum Gasteiger partial charge on any atom is 0.302 e. The smallest absolute Gasteiger partial charge is 0.302 e. The molecule has 1 aromatic carbocycles. The molecule has 0 radical (unpaired) electrons. The Morgan fingerprint density at radius 2 is 2.11 bits per heavy atom. The lowest BCUT2D eigenvalue weighted by atomic mass is 10.1. The van der Waals surface area contributed by atoms with Crippen LogP contribution in [-0.2, 0) is 26.0 Å². The predicted octanol–water partition coefficient (Wildman–Crippen LogP) is 1.62. The zero-order chi connectivity index (χ0) is 14.6. The number of benzene rings is 1. The van der Waals surface area contributed by atoms with Gasteiger partial charge in [0.15, 0.2) is 0 Å². The summed E-state index contributed by atoms with van der Waals surface area (Å²) in [6, 6.07) is 2.00. The van der Waals surface area contributed by atoms with Gasteiger partial charge in [0.25, 0.3) is 0 Å². The van der Waals surface area contributed by atoms with Crippen LogP contribution in [0.15, 0.2) is 17.0 Å². The van der Waals surface area contributed by atoms with Crippen LogP contribution in [0.1, 0.15) is 18.9 Å². The molecule has 1 rings (SSSR count). The number of aryl methyl sites for hydroxylation is 1. The van der Waals surface area contributed by atoms with Crippen LogP contribution in [-0.4, -0.2) is 21.0 Å². The highest BCUT2D eigenvalue weighted by atomic mass is 35.5. The van der Waals surface area contributed by atoms with Gasteiger partial charge in [-0.1, -0.05) is 11.6 Å². The van der Waals surface area contributed by atoms with Gasteiger partial charge in [-0.15, -0.1) is 0 Å². The van der Waals surface area contributed by atoms with Crippen LogP contribution < -0.4 is 5.14 Å². The highest BCUT2D eigenvalue weighted by Gasteiger charge is 2.16. The first-order chi connectivity index (χ1) is 8.71. The van der Waals surface area contributed by atoms with E-state index in [1.165, 1.54) is 13.0 Å². The molecule has 0 heterocycles. The number of halogens is 2. The third-order valence-electron chi connectivity index (χ3n) is 2.30. The number of carbonyl (C=O) groups excluding carboxylic acids is 1. The molecule has 0 aromatic heterocycles. The van der Waals surface area contributed by atoms with Crippen LogP contribution >= 0.6 is 11.6 Å². The number of ether oxygens (including phenoxy) is 1. The van der Waals surface area contributed by atoms with Crippen LogP contribution in [0, 0.1) is 5.82 Å². The fraction of sp³-hybridized carbons (Fsp3) is 0.364. The lowest BCUT2D eigenvalue weighted by Crippen LogP contribution is -2.13. The number of hydrogen-bond acceptors (Lipinski definition) is 4. The van der Waals surface area contributed by atoms with Crippen molar-refractivity contribution in [3.05, 3.63) is 28.5 Å². The van der Waals surface area contributed by atoms with E-state index in [1.54, 1.807) is 0 Å². The van der Waals surface area contributed by atoms with Crippen molar-refractivity contribution in [2.75, 3.05) is 6.61 Å². The van der Waals surface area contributed by atoms with Gasteiger partial charge in [0.2, 0.25) is 10.0 Å². The van der Waals surface area contributed by atoms with Crippen LogP contribution in [0.5, 0.6) is 0 Å². The van der Waals surface area contributed by atoms with E-state index in [0.29, 0.717) is 6.42 Å². The number of rotatable bonds is 5. The molecule has 0 aliphatic carbocycles. The number of primary sulfonamides is 1. The zero-order valence-electron chi connectivity index (χ0n) is 10.2. The Balaban J connectivity index is 2.82. The average Bonchev–Trinajstić information content (AvgIpc) is 2.26. The molecule has 0 saturated carbocycles. The number of carbonyl (C=O) groups is 1. The van der Waals surface area contributed by atoms with E-state index in [-0.39, 0.29) is 23.6 Å². The van der Waals surface area contributed by atoms with Crippen LogP contribution in [0.2, 0.25) is 5.02 Å². The van der Waals surface area contributed by atoms with E-state index in [4.69, 9.17) is 21.5 Å². The SMILES string of the molecule is CC(=O)OCCCc1cc(Cl)c(S(N)(=O)=O)cc1F. The van der Waals surface area contributed by atoms with Crippen molar-refractivity contribution in [3.8, 4) is 0 Å². The summed E-state index contributed by atoms with van der Waals surface area (Å²) in [7, 11) is -4.05. The fourth-order valence-corrected chi connectivity index (χ4v) is 2.57. The third kappa shape index (κ3) is 4.77. The van der Waals surface area contributed by atoms with Crippen molar-refractivity contribution in [1.29, 1.82) is 0 Å². The molecular weight excluding hydrogens is 297 g/mol. The van der Waals surface area contributed by atoms with Crippen molar-refractivity contribution in [2.24, 2.45) is 5.14 Å². The second kappa shape index (κ2) is 6.31. The lowest BCUT2D eigenvalue weighted by molar-refractivity contribution is -0.141. The molecule has 0 amide bonds. The van der Waals surface area contributed by atoms with E-state index >= 15 is 0 Å². The predicted molar refractivity (Wildman–Crippen MR) is 67.7 cm³/mol. The van der Waals surface area contributed by atoms with Crippen molar-refractivity contribution < 1.29 is 22.3 Å². The molecule has 0 fully saturated rings. The molecule has 0 aliphatic rings. The molecule has 0 spiro atoms. The van der Waals surface area contributed by atoms with Crippen LogP contribution in [0.25, 0.3) is 0 Å². The van der Waals surface area contributed by atoms with Gasteiger partial charge in [0.1, 0.15) is 10.7 Å². The standard InChI is InChI=1S/C11H13ClFNO4S/c1-7(15)18-4-2-3-8-5-9(12)11(6-10(8)13)19(14,16)17/h5-6H,2-4H2,1H3,(H2,14,16,17). The fourth-order valence-electron chi connectivity index (χ4n) is 1.46. The van der Waals surface area contributed by atoms with Gasteiger partial charge in [0, 0.05) is 6.92 Å². The highest BCUT2D eigenvalue weighted by Crippen LogP contribution is 2.24. The number of nitrogens with two attached hydrogens (primary N) is 1. The normalized spacial score (nSPS) is 11.4. The summed E-state index contributed by atoms with van der Waals surface area (Å²) in [5, 5.41) is 4.76. The second-order valence-corrected chi connectivity index (χ2v) is 5.80. The molecule has 0 aliphatic heterocycles. The van der Waals surface area contributed by atoms with Gasteiger partial charge in [-0.05, 0) is 30.5 Å². The second-order valence-electron chi connectivity index (χ2n) is 3.86. The summed E-state index contributed by atoms with van der Waals surface area (Å²) in [5.74, 6) is -1.13. The molecule has 0 atom stereocenters. The van der Waals surface area contributed by atoms with Crippen LogP contribution in [0.3, 0.4) is 0 Å². The van der Waals surface area contributed by atoms with Crippen molar-refractivity contribution in [2.45, 2.75) is 24.7 Å². The molecule has 5 nitrogen and oxygen atoms in total. The molecule has 1 aromatic rings. The summed E-state index contributed by atoms with van der Waals surface area (Å²) in [6.07, 6.45) is 0.672. The Kier molecular flexibility index (Phi) is 5.28. The Bertz CT molecular complexity index is 589. The summed E-state index contributed by atoms with van der Waals surface area (Å²) in [6.45, 7) is 1.43. The van der Waals surface area contributed by atoms with Crippen molar-refractivity contribution in [1.82, 2.24) is 0 Å².